The van der Waals surface area contributed by atoms with Gasteiger partial charge in [0, 0.05) is 23.9 Å². The lowest BCUT2D eigenvalue weighted by atomic mass is 9.97. The summed E-state index contributed by atoms with van der Waals surface area (Å²) in [6.07, 6.45) is 2.44. The molecule has 0 radical (unpaired) electrons. The van der Waals surface area contributed by atoms with Gasteiger partial charge in [-0.25, -0.2) is 9.80 Å². The Morgan fingerprint density at radius 2 is 2.00 bits per heavy atom. The summed E-state index contributed by atoms with van der Waals surface area (Å²) in [7, 11) is 0. The first kappa shape index (κ1) is 11.2. The number of hydrazone groups is 1. The van der Waals surface area contributed by atoms with Crippen LogP contribution in [0.2, 0.25) is 0 Å². The van der Waals surface area contributed by atoms with E-state index in [1.807, 2.05) is 42.5 Å². The van der Waals surface area contributed by atoms with E-state index >= 15 is 0 Å². The number of benzene rings is 1. The van der Waals surface area contributed by atoms with E-state index in [0.29, 0.717) is 6.42 Å². The number of rotatable bonds is 1. The van der Waals surface area contributed by atoms with Crippen molar-refractivity contribution in [1.82, 2.24) is 9.99 Å². The highest BCUT2D eigenvalue weighted by Crippen LogP contribution is 2.39. The van der Waals surface area contributed by atoms with Gasteiger partial charge in [-0.05, 0) is 18.2 Å². The number of nitrogens with one attached hydrogen (secondary N) is 1. The third-order valence-corrected chi connectivity index (χ3v) is 3.64. The molecule has 0 bridgehead atoms. The molecule has 20 heavy (non-hydrogen) atoms. The summed E-state index contributed by atoms with van der Waals surface area (Å²) in [6, 6.07) is 13.4. The highest BCUT2D eigenvalue weighted by atomic mass is 16.2. The first-order valence-electron chi connectivity index (χ1n) is 6.51. The van der Waals surface area contributed by atoms with Crippen LogP contribution in [0.1, 0.15) is 23.7 Å². The molecule has 1 N–H and O–H groups in total. The zero-order valence-electron chi connectivity index (χ0n) is 10.7. The minimum Gasteiger partial charge on any atom is -0.306 e. The Labute approximate surface area is 115 Å². The van der Waals surface area contributed by atoms with Crippen LogP contribution in [-0.4, -0.2) is 21.7 Å². The molecule has 1 aromatic heterocycles. The van der Waals surface area contributed by atoms with Crippen molar-refractivity contribution in [1.29, 1.82) is 0 Å². The number of amides is 2. The summed E-state index contributed by atoms with van der Waals surface area (Å²) in [5.41, 5.74) is 3.65. The molecule has 98 valence electrons. The molecule has 4 rings (SSSR count). The van der Waals surface area contributed by atoms with Crippen molar-refractivity contribution in [3.05, 3.63) is 59.9 Å². The van der Waals surface area contributed by atoms with Crippen LogP contribution >= 0.6 is 0 Å². The molecule has 0 saturated heterocycles. The van der Waals surface area contributed by atoms with Crippen LogP contribution in [0.5, 0.6) is 0 Å². The van der Waals surface area contributed by atoms with Gasteiger partial charge < -0.3 is 5.32 Å². The molecule has 0 fully saturated rings. The van der Waals surface area contributed by atoms with E-state index in [1.165, 1.54) is 5.01 Å². The minimum atomic E-state index is -0.181. The Kier molecular flexibility index (Phi) is 2.32. The molecule has 5 nitrogen and oxygen atoms in total. The van der Waals surface area contributed by atoms with E-state index in [2.05, 4.69) is 15.4 Å². The summed E-state index contributed by atoms with van der Waals surface area (Å²) < 4.78 is 0. The number of hydrogen-bond donors (Lipinski definition) is 1. The monoisotopic (exact) mass is 264 g/mol. The second-order valence-corrected chi connectivity index (χ2v) is 4.84. The number of fused-ring (bicyclic) bond motifs is 3. The van der Waals surface area contributed by atoms with Crippen molar-refractivity contribution >= 4 is 17.4 Å². The van der Waals surface area contributed by atoms with Gasteiger partial charge in [-0.2, -0.15) is 5.10 Å². The fraction of sp³-hybridized carbons (Fsp3) is 0.133. The summed E-state index contributed by atoms with van der Waals surface area (Å²) in [5.74, 6) is 0. The Hall–Kier alpha value is -2.69. The average Bonchev–Trinajstić information content (AvgIpc) is 2.94. The lowest BCUT2D eigenvalue weighted by Crippen LogP contribution is -2.36. The SMILES string of the molecule is O=C1Nc2ccccc2C2CC(c3ccccn3)=NN12. The average molecular weight is 264 g/mol. The second kappa shape index (κ2) is 4.16. The largest absolute Gasteiger partial charge is 0.342 e. The number of nitrogens with zero attached hydrogens (tertiary/aromatic N) is 3. The molecule has 3 heterocycles. The lowest BCUT2D eigenvalue weighted by Gasteiger charge is -2.29. The standard InChI is InChI=1S/C15H12N4O/c20-15-17-11-6-2-1-5-10(11)14-9-13(18-19(14)15)12-7-3-4-8-16-12/h1-8,14H,9H2,(H,17,20). The molecular weight excluding hydrogens is 252 g/mol. The molecule has 0 spiro atoms. The first-order valence-corrected chi connectivity index (χ1v) is 6.51. The quantitative estimate of drug-likeness (QED) is 0.861. The number of anilines is 1. The second-order valence-electron chi connectivity index (χ2n) is 4.84. The van der Waals surface area contributed by atoms with Gasteiger partial charge in [-0.15, -0.1) is 0 Å². The van der Waals surface area contributed by atoms with Gasteiger partial charge in [0.05, 0.1) is 17.4 Å². The number of urea groups is 1. The van der Waals surface area contributed by atoms with Crippen LogP contribution in [0.15, 0.2) is 53.8 Å². The van der Waals surface area contributed by atoms with Crippen LogP contribution in [0.25, 0.3) is 0 Å². The van der Waals surface area contributed by atoms with Gasteiger partial charge in [0.25, 0.3) is 0 Å². The first-order chi connectivity index (χ1) is 9.83. The van der Waals surface area contributed by atoms with Crippen molar-refractivity contribution in [2.45, 2.75) is 12.5 Å². The van der Waals surface area contributed by atoms with Crippen molar-refractivity contribution < 1.29 is 4.79 Å². The normalized spacial score (nSPS) is 20.0. The Balaban J connectivity index is 1.76. The Bertz CT molecular complexity index is 711. The van der Waals surface area contributed by atoms with Gasteiger partial charge >= 0.3 is 6.03 Å². The van der Waals surface area contributed by atoms with Crippen LogP contribution in [0, 0.1) is 0 Å². The third-order valence-electron chi connectivity index (χ3n) is 3.64. The van der Waals surface area contributed by atoms with Crippen LogP contribution in [-0.2, 0) is 0 Å². The van der Waals surface area contributed by atoms with Crippen LogP contribution in [0.4, 0.5) is 10.5 Å². The zero-order valence-corrected chi connectivity index (χ0v) is 10.7. The van der Waals surface area contributed by atoms with Crippen molar-refractivity contribution in [2.24, 2.45) is 5.10 Å². The van der Waals surface area contributed by atoms with E-state index in [4.69, 9.17) is 0 Å². The number of aromatic nitrogens is 1. The molecule has 0 aliphatic carbocycles. The third kappa shape index (κ3) is 1.60. The van der Waals surface area contributed by atoms with Crippen molar-refractivity contribution in [3.8, 4) is 0 Å². The van der Waals surface area contributed by atoms with E-state index in [0.717, 1.165) is 22.7 Å². The molecule has 2 aliphatic rings. The van der Waals surface area contributed by atoms with Gasteiger partial charge in [-0.3, -0.25) is 4.98 Å². The maximum absolute atomic E-state index is 12.1. The zero-order chi connectivity index (χ0) is 13.5. The molecule has 1 atom stereocenters. The van der Waals surface area contributed by atoms with Gasteiger partial charge in [0.1, 0.15) is 0 Å². The molecule has 2 aromatic rings. The highest BCUT2D eigenvalue weighted by molar-refractivity contribution is 6.04. The highest BCUT2D eigenvalue weighted by Gasteiger charge is 2.38. The smallest absolute Gasteiger partial charge is 0.306 e. The summed E-state index contributed by atoms with van der Waals surface area (Å²) in [6.45, 7) is 0. The van der Waals surface area contributed by atoms with Crippen molar-refractivity contribution in [3.63, 3.8) is 0 Å². The van der Waals surface area contributed by atoms with Gasteiger partial charge in [0.15, 0.2) is 0 Å². The number of para-hydroxylation sites is 1. The number of carbonyl (C=O) groups excluding carboxylic acids is 1. The number of carbonyl (C=O) groups is 1. The van der Waals surface area contributed by atoms with E-state index < -0.39 is 0 Å². The Morgan fingerprint density at radius 1 is 1.15 bits per heavy atom. The molecule has 2 amide bonds. The van der Waals surface area contributed by atoms with Gasteiger partial charge in [-0.1, -0.05) is 24.3 Å². The fourth-order valence-electron chi connectivity index (χ4n) is 2.70. The van der Waals surface area contributed by atoms with E-state index in [9.17, 15) is 4.79 Å². The fourth-order valence-corrected chi connectivity index (χ4v) is 2.70. The van der Waals surface area contributed by atoms with Crippen LogP contribution in [0.3, 0.4) is 0 Å². The lowest BCUT2D eigenvalue weighted by molar-refractivity contribution is 0.197. The predicted octanol–water partition coefficient (Wildman–Crippen LogP) is 2.78. The molecule has 5 heteroatoms. The summed E-state index contributed by atoms with van der Waals surface area (Å²) >= 11 is 0. The number of pyridine rings is 1. The molecule has 1 unspecified atom stereocenters. The Morgan fingerprint density at radius 3 is 2.85 bits per heavy atom. The molecule has 0 saturated carbocycles. The van der Waals surface area contributed by atoms with E-state index in [1.54, 1.807) is 6.20 Å². The predicted molar refractivity (Wildman–Crippen MR) is 75.4 cm³/mol. The minimum absolute atomic E-state index is 0.0306. The maximum Gasteiger partial charge on any atom is 0.342 e. The van der Waals surface area contributed by atoms with Gasteiger partial charge in [0.2, 0.25) is 0 Å². The maximum atomic E-state index is 12.1. The van der Waals surface area contributed by atoms with E-state index in [-0.39, 0.29) is 12.1 Å². The molecule has 2 aliphatic heterocycles. The molecular formula is C15H12N4O. The van der Waals surface area contributed by atoms with Crippen molar-refractivity contribution in [2.75, 3.05) is 5.32 Å². The van der Waals surface area contributed by atoms with Crippen LogP contribution < -0.4 is 5.32 Å². The number of hydrogen-bond acceptors (Lipinski definition) is 3. The molecule has 1 aromatic carbocycles. The topological polar surface area (TPSA) is 57.6 Å². The summed E-state index contributed by atoms with van der Waals surface area (Å²) in [5, 5.41) is 8.82. The summed E-state index contributed by atoms with van der Waals surface area (Å²) in [4.78, 5) is 16.4.